The van der Waals surface area contributed by atoms with Gasteiger partial charge in [-0.25, -0.2) is 8.42 Å². The number of hydrogen-bond donors (Lipinski definition) is 2. The van der Waals surface area contributed by atoms with Crippen LogP contribution >= 0.6 is 11.6 Å². The van der Waals surface area contributed by atoms with Crippen molar-refractivity contribution >= 4 is 38.4 Å². The Bertz CT molecular complexity index is 1550. The van der Waals surface area contributed by atoms with E-state index in [0.717, 1.165) is 33.2 Å². The highest BCUT2D eigenvalue weighted by atomic mass is 35.5. The summed E-state index contributed by atoms with van der Waals surface area (Å²) in [6.07, 6.45) is 3.47. The van der Waals surface area contributed by atoms with Gasteiger partial charge in [0.15, 0.2) is 0 Å². The number of carbonyl (C=O) groups excluding carboxylic acids is 1. The van der Waals surface area contributed by atoms with Crippen molar-refractivity contribution < 1.29 is 13.2 Å². The third-order valence-corrected chi connectivity index (χ3v) is 9.56. The van der Waals surface area contributed by atoms with Crippen LogP contribution in [0.2, 0.25) is 5.15 Å². The lowest BCUT2D eigenvalue weighted by Gasteiger charge is -2.31. The van der Waals surface area contributed by atoms with E-state index in [4.69, 9.17) is 17.3 Å². The zero-order valence-electron chi connectivity index (χ0n) is 20.2. The van der Waals surface area contributed by atoms with Gasteiger partial charge >= 0.3 is 0 Å². The molecule has 1 aliphatic rings. The van der Waals surface area contributed by atoms with Gasteiger partial charge in [-0.15, -0.1) is 0 Å². The Morgan fingerprint density at radius 3 is 2.47 bits per heavy atom. The number of nitrogens with zero attached hydrogens (tertiary/aromatic N) is 3. The van der Waals surface area contributed by atoms with Gasteiger partial charge in [-0.3, -0.25) is 9.48 Å². The Morgan fingerprint density at radius 2 is 1.86 bits per heavy atom. The number of carbonyl (C=O) groups is 1. The van der Waals surface area contributed by atoms with Crippen LogP contribution in [0.5, 0.6) is 0 Å². The van der Waals surface area contributed by atoms with E-state index in [0.29, 0.717) is 31.6 Å². The summed E-state index contributed by atoms with van der Waals surface area (Å²) < 4.78 is 29.6. The molecule has 10 heteroatoms. The smallest absolute Gasteiger partial charge is 0.248 e. The molecule has 0 spiro atoms. The number of nitrogens with one attached hydrogen (secondary N) is 1. The summed E-state index contributed by atoms with van der Waals surface area (Å²) in [5, 5.41) is 5.33. The number of aromatic nitrogens is 3. The molecule has 5 rings (SSSR count). The number of piperidine rings is 1. The summed E-state index contributed by atoms with van der Waals surface area (Å²) in [6.45, 7) is 2.43. The Kier molecular flexibility index (Phi) is 6.40. The zero-order valence-corrected chi connectivity index (χ0v) is 21.7. The number of sulfonamides is 1. The highest BCUT2D eigenvalue weighted by molar-refractivity contribution is 7.89. The van der Waals surface area contributed by atoms with Gasteiger partial charge in [0.05, 0.1) is 12.1 Å². The maximum atomic E-state index is 13.3. The SMILES string of the molecule is Cc1nn(C)c(Cl)c1S(=O)(=O)N1CCC(c2c[nH]c3c(CC(N)=O)cc(-c4ccccc4)cc23)CC1. The zero-order chi connectivity index (χ0) is 25.6. The topological polar surface area (TPSA) is 114 Å². The Balaban J connectivity index is 1.46. The average Bonchev–Trinajstić information content (AvgIpc) is 3.39. The molecule has 0 radical (unpaired) electrons. The molecule has 0 bridgehead atoms. The van der Waals surface area contributed by atoms with Gasteiger partial charge in [-0.05, 0) is 60.1 Å². The first-order valence-electron chi connectivity index (χ1n) is 11.8. The predicted octanol–water partition coefficient (Wildman–Crippen LogP) is 4.13. The lowest BCUT2D eigenvalue weighted by atomic mass is 9.88. The van der Waals surface area contributed by atoms with E-state index in [2.05, 4.69) is 16.1 Å². The molecule has 2 aromatic carbocycles. The number of H-pyrrole nitrogens is 1. The Labute approximate surface area is 215 Å². The van der Waals surface area contributed by atoms with Gasteiger partial charge in [-0.2, -0.15) is 9.40 Å². The number of halogens is 1. The summed E-state index contributed by atoms with van der Waals surface area (Å²) >= 11 is 6.27. The highest BCUT2D eigenvalue weighted by Crippen LogP contribution is 2.38. The van der Waals surface area contributed by atoms with Gasteiger partial charge in [0.1, 0.15) is 10.0 Å². The molecular formula is C26H28ClN5O3S. The molecule has 2 aromatic heterocycles. The average molecular weight is 526 g/mol. The van der Waals surface area contributed by atoms with Crippen LogP contribution in [0.1, 0.15) is 35.6 Å². The van der Waals surface area contributed by atoms with E-state index < -0.39 is 10.0 Å². The van der Waals surface area contributed by atoms with Gasteiger partial charge in [0, 0.05) is 37.2 Å². The van der Waals surface area contributed by atoms with Crippen LogP contribution in [-0.2, 0) is 28.3 Å². The number of amides is 1. The van der Waals surface area contributed by atoms with E-state index in [-0.39, 0.29) is 28.3 Å². The summed E-state index contributed by atoms with van der Waals surface area (Å²) in [6, 6.07) is 14.2. The monoisotopic (exact) mass is 525 g/mol. The predicted molar refractivity (Wildman–Crippen MR) is 140 cm³/mol. The van der Waals surface area contributed by atoms with Gasteiger partial charge in [-0.1, -0.05) is 41.9 Å². The van der Waals surface area contributed by atoms with Crippen LogP contribution in [-0.4, -0.2) is 46.5 Å². The first-order chi connectivity index (χ1) is 17.2. The van der Waals surface area contributed by atoms with E-state index in [1.807, 2.05) is 42.6 Å². The fraction of sp³-hybridized carbons (Fsp3) is 0.308. The molecule has 3 N–H and O–H groups in total. The largest absolute Gasteiger partial charge is 0.369 e. The number of rotatable bonds is 6. The van der Waals surface area contributed by atoms with Crippen molar-refractivity contribution in [2.45, 2.75) is 37.0 Å². The van der Waals surface area contributed by atoms with Gasteiger partial charge < -0.3 is 10.7 Å². The molecule has 1 amide bonds. The van der Waals surface area contributed by atoms with E-state index in [1.165, 1.54) is 8.99 Å². The molecule has 4 aromatic rings. The van der Waals surface area contributed by atoms with Crippen molar-refractivity contribution in [1.29, 1.82) is 0 Å². The number of hydrogen-bond acceptors (Lipinski definition) is 4. The van der Waals surface area contributed by atoms with Crippen molar-refractivity contribution in [3.05, 3.63) is 70.6 Å². The third-order valence-electron chi connectivity index (χ3n) is 6.97. The minimum Gasteiger partial charge on any atom is -0.369 e. The molecule has 0 atom stereocenters. The minimum atomic E-state index is -3.74. The van der Waals surface area contributed by atoms with Crippen LogP contribution in [0.3, 0.4) is 0 Å². The molecule has 1 fully saturated rings. The molecule has 0 aliphatic carbocycles. The summed E-state index contributed by atoms with van der Waals surface area (Å²) in [5.41, 5.74) is 10.9. The number of fused-ring (bicyclic) bond motifs is 1. The molecule has 8 nitrogen and oxygen atoms in total. The molecule has 3 heterocycles. The molecule has 36 heavy (non-hydrogen) atoms. The molecule has 1 saturated heterocycles. The van der Waals surface area contributed by atoms with Crippen molar-refractivity contribution in [3.63, 3.8) is 0 Å². The van der Waals surface area contributed by atoms with Crippen LogP contribution in [0.25, 0.3) is 22.0 Å². The second kappa shape index (κ2) is 9.38. The summed E-state index contributed by atoms with van der Waals surface area (Å²) in [4.78, 5) is 15.2. The van der Waals surface area contributed by atoms with Crippen LogP contribution in [0.15, 0.2) is 53.6 Å². The highest BCUT2D eigenvalue weighted by Gasteiger charge is 2.35. The van der Waals surface area contributed by atoms with Crippen LogP contribution in [0.4, 0.5) is 0 Å². The Morgan fingerprint density at radius 1 is 1.17 bits per heavy atom. The summed E-state index contributed by atoms with van der Waals surface area (Å²) in [7, 11) is -2.11. The fourth-order valence-corrected chi connectivity index (χ4v) is 7.41. The van der Waals surface area contributed by atoms with Crippen LogP contribution < -0.4 is 5.73 Å². The van der Waals surface area contributed by atoms with Crippen molar-refractivity contribution in [2.75, 3.05) is 13.1 Å². The van der Waals surface area contributed by atoms with E-state index >= 15 is 0 Å². The molecular weight excluding hydrogens is 498 g/mol. The normalized spacial score (nSPS) is 15.5. The second-order valence-corrected chi connectivity index (χ2v) is 11.6. The first kappa shape index (κ1) is 24.5. The molecule has 0 saturated carbocycles. The quantitative estimate of drug-likeness (QED) is 0.394. The second-order valence-electron chi connectivity index (χ2n) is 9.32. The lowest BCUT2D eigenvalue weighted by molar-refractivity contribution is -0.117. The van der Waals surface area contributed by atoms with Crippen molar-refractivity contribution in [2.24, 2.45) is 12.8 Å². The van der Waals surface area contributed by atoms with Gasteiger partial charge in [0.25, 0.3) is 0 Å². The lowest BCUT2D eigenvalue weighted by Crippen LogP contribution is -2.38. The number of primary amides is 1. The number of aryl methyl sites for hydroxylation is 2. The maximum absolute atomic E-state index is 13.3. The Hall–Kier alpha value is -3.14. The standard InChI is InChI=1S/C26H28ClN5O3S/c1-16-25(26(27)31(2)30-16)36(34,35)32-10-8-18(9-11-32)22-15-29-24-20(14-23(28)33)12-19(13-21(22)24)17-6-4-3-5-7-17/h3-7,12-13,15,18,29H,8-11,14H2,1-2H3,(H2,28,33). The molecule has 0 unspecified atom stereocenters. The fourth-order valence-electron chi connectivity index (χ4n) is 5.23. The number of aromatic amines is 1. The first-order valence-corrected chi connectivity index (χ1v) is 13.7. The van der Waals surface area contributed by atoms with Crippen molar-refractivity contribution in [1.82, 2.24) is 19.1 Å². The van der Waals surface area contributed by atoms with Crippen molar-refractivity contribution in [3.8, 4) is 11.1 Å². The number of nitrogens with two attached hydrogens (primary N) is 1. The molecule has 188 valence electrons. The van der Waals surface area contributed by atoms with Crippen LogP contribution in [0, 0.1) is 6.92 Å². The van der Waals surface area contributed by atoms with E-state index in [9.17, 15) is 13.2 Å². The van der Waals surface area contributed by atoms with Gasteiger partial charge in [0.2, 0.25) is 15.9 Å². The van der Waals surface area contributed by atoms with E-state index in [1.54, 1.807) is 14.0 Å². The number of benzene rings is 2. The third kappa shape index (κ3) is 4.31. The molecule has 1 aliphatic heterocycles. The minimum absolute atomic E-state index is 0.0841. The summed E-state index contributed by atoms with van der Waals surface area (Å²) in [5.74, 6) is -0.219. The maximum Gasteiger partial charge on any atom is 0.248 e.